The lowest BCUT2D eigenvalue weighted by Gasteiger charge is -2.44. The van der Waals surface area contributed by atoms with Crippen LogP contribution in [-0.2, 0) is 11.3 Å². The molecule has 1 N–H and O–H groups in total. The molecule has 0 saturated carbocycles. The Hall–Kier alpha value is -1.81. The molecule has 1 unspecified atom stereocenters. The van der Waals surface area contributed by atoms with Gasteiger partial charge in [0.15, 0.2) is 0 Å². The number of nitrogens with zero attached hydrogens (tertiary/aromatic N) is 2. The standard InChI is InChI=1S/C17H21N3O/c21-17(18-15-11-19-8-5-13(15)6-9-19)12-20-10-7-14-3-1-2-4-16(14)20/h1-4,7,10,13,15H,5-6,8-9,11-12H2,(H,18,21). The van der Waals surface area contributed by atoms with Crippen molar-refractivity contribution in [2.24, 2.45) is 5.92 Å². The maximum atomic E-state index is 12.3. The summed E-state index contributed by atoms with van der Waals surface area (Å²) in [5.41, 5.74) is 1.13. The third-order valence-electron chi connectivity index (χ3n) is 5.00. The molecule has 0 spiro atoms. The number of rotatable bonds is 3. The van der Waals surface area contributed by atoms with E-state index in [-0.39, 0.29) is 5.91 Å². The molecule has 4 heteroatoms. The lowest BCUT2D eigenvalue weighted by Crippen LogP contribution is -2.57. The summed E-state index contributed by atoms with van der Waals surface area (Å²) in [5, 5.41) is 4.44. The Balaban J connectivity index is 1.44. The van der Waals surface area contributed by atoms with Gasteiger partial charge in [-0.15, -0.1) is 0 Å². The molecule has 5 rings (SSSR count). The second-order valence-corrected chi connectivity index (χ2v) is 6.31. The van der Waals surface area contributed by atoms with Crippen molar-refractivity contribution in [3.8, 4) is 0 Å². The highest BCUT2D eigenvalue weighted by molar-refractivity contribution is 5.83. The molecule has 3 fully saturated rings. The molecule has 1 amide bonds. The van der Waals surface area contributed by atoms with Gasteiger partial charge < -0.3 is 14.8 Å². The molecule has 1 aromatic carbocycles. The van der Waals surface area contributed by atoms with E-state index < -0.39 is 0 Å². The minimum Gasteiger partial charge on any atom is -0.350 e. The number of benzene rings is 1. The Morgan fingerprint density at radius 3 is 2.76 bits per heavy atom. The third kappa shape index (κ3) is 2.44. The molecule has 4 nitrogen and oxygen atoms in total. The summed E-state index contributed by atoms with van der Waals surface area (Å²) in [5.74, 6) is 0.815. The fourth-order valence-corrected chi connectivity index (χ4v) is 3.81. The maximum Gasteiger partial charge on any atom is 0.240 e. The molecule has 2 bridgehead atoms. The molecule has 4 heterocycles. The van der Waals surface area contributed by atoms with Crippen LogP contribution in [0.25, 0.3) is 10.9 Å². The van der Waals surface area contributed by atoms with Gasteiger partial charge in [-0.1, -0.05) is 18.2 Å². The van der Waals surface area contributed by atoms with Gasteiger partial charge in [0, 0.05) is 24.3 Å². The predicted octanol–water partition coefficient (Wildman–Crippen LogP) is 1.85. The quantitative estimate of drug-likeness (QED) is 0.933. The molecule has 110 valence electrons. The Morgan fingerprint density at radius 2 is 2.00 bits per heavy atom. The predicted molar refractivity (Wildman–Crippen MR) is 83.0 cm³/mol. The van der Waals surface area contributed by atoms with Gasteiger partial charge in [0.05, 0.1) is 0 Å². The van der Waals surface area contributed by atoms with E-state index in [1.54, 1.807) is 0 Å². The molecule has 2 aromatic rings. The topological polar surface area (TPSA) is 37.3 Å². The number of hydrogen-bond acceptors (Lipinski definition) is 2. The minimum absolute atomic E-state index is 0.134. The second kappa shape index (κ2) is 5.19. The van der Waals surface area contributed by atoms with Gasteiger partial charge in [0.25, 0.3) is 0 Å². The zero-order valence-corrected chi connectivity index (χ0v) is 12.2. The molecule has 1 aromatic heterocycles. The van der Waals surface area contributed by atoms with Crippen LogP contribution in [0.4, 0.5) is 0 Å². The number of hydrogen-bond donors (Lipinski definition) is 1. The number of fused-ring (bicyclic) bond motifs is 4. The molecule has 1 atom stereocenters. The van der Waals surface area contributed by atoms with Crippen LogP contribution in [0.15, 0.2) is 36.5 Å². The van der Waals surface area contributed by atoms with Crippen molar-refractivity contribution in [2.45, 2.75) is 25.4 Å². The number of aromatic nitrogens is 1. The normalized spacial score (nSPS) is 27.9. The van der Waals surface area contributed by atoms with Gasteiger partial charge in [-0.3, -0.25) is 4.79 Å². The fourth-order valence-electron chi connectivity index (χ4n) is 3.81. The van der Waals surface area contributed by atoms with Gasteiger partial charge >= 0.3 is 0 Å². The van der Waals surface area contributed by atoms with E-state index in [4.69, 9.17) is 0 Å². The molecule has 3 aliphatic rings. The molecule has 21 heavy (non-hydrogen) atoms. The van der Waals surface area contributed by atoms with Crippen LogP contribution < -0.4 is 5.32 Å². The average Bonchev–Trinajstić information content (AvgIpc) is 2.92. The van der Waals surface area contributed by atoms with Crippen LogP contribution in [-0.4, -0.2) is 41.1 Å². The molecule has 3 saturated heterocycles. The van der Waals surface area contributed by atoms with E-state index in [1.807, 2.05) is 22.9 Å². The van der Waals surface area contributed by atoms with Crippen molar-refractivity contribution in [3.63, 3.8) is 0 Å². The van der Waals surface area contributed by atoms with Crippen LogP contribution in [0.5, 0.6) is 0 Å². The zero-order valence-electron chi connectivity index (χ0n) is 12.2. The number of piperidine rings is 3. The summed E-state index contributed by atoms with van der Waals surface area (Å²) >= 11 is 0. The third-order valence-corrected chi connectivity index (χ3v) is 5.00. The summed E-state index contributed by atoms with van der Waals surface area (Å²) in [6, 6.07) is 10.6. The zero-order chi connectivity index (χ0) is 14.2. The Kier molecular flexibility index (Phi) is 3.19. The van der Waals surface area contributed by atoms with E-state index in [2.05, 4.69) is 28.4 Å². The first-order valence-electron chi connectivity index (χ1n) is 7.85. The van der Waals surface area contributed by atoms with Gasteiger partial charge in [0.2, 0.25) is 5.91 Å². The van der Waals surface area contributed by atoms with Crippen LogP contribution in [0.2, 0.25) is 0 Å². The smallest absolute Gasteiger partial charge is 0.240 e. The van der Waals surface area contributed by atoms with Crippen molar-refractivity contribution >= 4 is 16.8 Å². The Labute approximate surface area is 124 Å². The first kappa shape index (κ1) is 12.9. The molecular weight excluding hydrogens is 262 g/mol. The lowest BCUT2D eigenvalue weighted by molar-refractivity contribution is -0.123. The van der Waals surface area contributed by atoms with Gasteiger partial charge in [-0.25, -0.2) is 0 Å². The lowest BCUT2D eigenvalue weighted by atomic mass is 9.84. The summed E-state index contributed by atoms with van der Waals surface area (Å²) in [4.78, 5) is 14.8. The average molecular weight is 283 g/mol. The molecular formula is C17H21N3O. The molecule has 3 aliphatic heterocycles. The largest absolute Gasteiger partial charge is 0.350 e. The number of carbonyl (C=O) groups is 1. The monoisotopic (exact) mass is 283 g/mol. The van der Waals surface area contributed by atoms with E-state index in [9.17, 15) is 4.79 Å². The molecule has 0 radical (unpaired) electrons. The highest BCUT2D eigenvalue weighted by Gasteiger charge is 2.34. The van der Waals surface area contributed by atoms with Crippen molar-refractivity contribution in [1.82, 2.24) is 14.8 Å². The summed E-state index contributed by atoms with van der Waals surface area (Å²) < 4.78 is 2.03. The van der Waals surface area contributed by atoms with Crippen molar-refractivity contribution in [3.05, 3.63) is 36.5 Å². The first-order valence-corrected chi connectivity index (χ1v) is 7.85. The number of nitrogens with one attached hydrogen (secondary N) is 1. The Bertz CT molecular complexity index is 655. The van der Waals surface area contributed by atoms with Crippen LogP contribution in [0.3, 0.4) is 0 Å². The van der Waals surface area contributed by atoms with Crippen molar-refractivity contribution in [1.29, 1.82) is 0 Å². The summed E-state index contributed by atoms with van der Waals surface area (Å²) in [6.07, 6.45) is 4.47. The highest BCUT2D eigenvalue weighted by Crippen LogP contribution is 2.27. The summed E-state index contributed by atoms with van der Waals surface area (Å²) in [7, 11) is 0. The van der Waals surface area contributed by atoms with Gasteiger partial charge in [0.1, 0.15) is 6.54 Å². The van der Waals surface area contributed by atoms with Crippen LogP contribution in [0, 0.1) is 5.92 Å². The van der Waals surface area contributed by atoms with E-state index in [0.29, 0.717) is 18.5 Å². The maximum absolute atomic E-state index is 12.3. The second-order valence-electron chi connectivity index (χ2n) is 6.31. The van der Waals surface area contributed by atoms with Gasteiger partial charge in [-0.05, 0) is 49.4 Å². The fraction of sp³-hybridized carbons (Fsp3) is 0.471. The van der Waals surface area contributed by atoms with E-state index in [1.165, 1.54) is 31.3 Å². The van der Waals surface area contributed by atoms with Crippen LogP contribution >= 0.6 is 0 Å². The van der Waals surface area contributed by atoms with Crippen molar-refractivity contribution < 1.29 is 4.79 Å². The molecule has 0 aliphatic carbocycles. The van der Waals surface area contributed by atoms with Crippen molar-refractivity contribution in [2.75, 3.05) is 19.6 Å². The summed E-state index contributed by atoms with van der Waals surface area (Å²) in [6.45, 7) is 3.86. The SMILES string of the molecule is O=C(Cn1ccc2ccccc21)NC1CN2CCC1CC2. The number of carbonyl (C=O) groups excluding carboxylic acids is 1. The highest BCUT2D eigenvalue weighted by atomic mass is 16.2. The first-order chi connectivity index (χ1) is 10.3. The number of para-hydroxylation sites is 1. The van der Waals surface area contributed by atoms with Crippen LogP contribution in [0.1, 0.15) is 12.8 Å². The van der Waals surface area contributed by atoms with E-state index >= 15 is 0 Å². The Morgan fingerprint density at radius 1 is 1.19 bits per heavy atom. The minimum atomic E-state index is 0.134. The van der Waals surface area contributed by atoms with Gasteiger partial charge in [-0.2, -0.15) is 0 Å². The number of amides is 1. The van der Waals surface area contributed by atoms with E-state index in [0.717, 1.165) is 12.1 Å².